The molecule has 0 radical (unpaired) electrons. The van der Waals surface area contributed by atoms with E-state index in [0.717, 1.165) is 50.7 Å². The normalized spacial score (nSPS) is 14.4. The summed E-state index contributed by atoms with van der Waals surface area (Å²) in [6.07, 6.45) is 1.98. The molecule has 0 fully saturated rings. The molecule has 9 aromatic rings. The van der Waals surface area contributed by atoms with Crippen LogP contribution in [0, 0.1) is 13.8 Å². The molecule has 0 aliphatic heterocycles. The van der Waals surface area contributed by atoms with Crippen molar-refractivity contribution in [3.8, 4) is 56.0 Å². The maximum atomic E-state index is 5.27. The molecule has 0 amide bonds. The van der Waals surface area contributed by atoms with Gasteiger partial charge in [-0.05, 0) is 99.0 Å². The Kier molecular flexibility index (Phi) is 7.81. The average molecular weight is 704 g/mol. The zero-order valence-electron chi connectivity index (χ0n) is 30.7. The Bertz CT molecular complexity index is 2890. The molecule has 0 saturated heterocycles. The highest BCUT2D eigenvalue weighted by Crippen LogP contribution is 2.57. The van der Waals surface area contributed by atoms with Crippen molar-refractivity contribution in [2.24, 2.45) is 0 Å². The maximum Gasteiger partial charge on any atom is 0.160 e. The van der Waals surface area contributed by atoms with E-state index in [1.165, 1.54) is 49.7 Å². The molecule has 3 nitrogen and oxygen atoms in total. The Morgan fingerprint density at radius 2 is 1.05 bits per heavy atom. The van der Waals surface area contributed by atoms with Crippen LogP contribution in [-0.2, 0) is 5.41 Å². The lowest BCUT2D eigenvalue weighted by atomic mass is 9.67. The van der Waals surface area contributed by atoms with Gasteiger partial charge in [0.2, 0.25) is 0 Å². The van der Waals surface area contributed by atoms with Crippen molar-refractivity contribution >= 4 is 10.8 Å². The quantitative estimate of drug-likeness (QED) is 0.173. The van der Waals surface area contributed by atoms with Gasteiger partial charge in [0.1, 0.15) is 0 Å². The van der Waals surface area contributed by atoms with Crippen LogP contribution in [0.15, 0.2) is 188 Å². The van der Waals surface area contributed by atoms with Crippen LogP contribution < -0.4 is 0 Å². The SMILES string of the molecule is Cc1ccc(-c2ccccc2-c2cccc(C3(c4ccccc4)c4ccccc4-c4ccc(-c5nc(C)cc(-c6cccc7ccccc67)n5)cc43)c2)cn1. The highest BCUT2D eigenvalue weighted by Gasteiger charge is 2.46. The summed E-state index contributed by atoms with van der Waals surface area (Å²) in [7, 11) is 0. The minimum atomic E-state index is -0.595. The predicted molar refractivity (Wildman–Crippen MR) is 226 cm³/mol. The second kappa shape index (κ2) is 13.2. The molecule has 1 aliphatic rings. The van der Waals surface area contributed by atoms with Gasteiger partial charge >= 0.3 is 0 Å². The van der Waals surface area contributed by atoms with Gasteiger partial charge in [0.05, 0.1) is 11.1 Å². The molecule has 1 atom stereocenters. The van der Waals surface area contributed by atoms with Crippen LogP contribution in [0.5, 0.6) is 0 Å². The number of aromatic nitrogens is 3. The molecule has 0 bridgehead atoms. The van der Waals surface area contributed by atoms with E-state index in [0.29, 0.717) is 0 Å². The number of nitrogens with zero attached hydrogens (tertiary/aromatic N) is 3. The lowest BCUT2D eigenvalue weighted by Gasteiger charge is -2.34. The minimum Gasteiger partial charge on any atom is -0.261 e. The first kappa shape index (κ1) is 32.7. The van der Waals surface area contributed by atoms with E-state index in [1.54, 1.807) is 0 Å². The fraction of sp³-hybridized carbons (Fsp3) is 0.0577. The minimum absolute atomic E-state index is 0.595. The third-order valence-corrected chi connectivity index (χ3v) is 11.2. The third-order valence-electron chi connectivity index (χ3n) is 11.2. The van der Waals surface area contributed by atoms with Gasteiger partial charge < -0.3 is 0 Å². The summed E-state index contributed by atoms with van der Waals surface area (Å²) in [5, 5.41) is 2.38. The van der Waals surface area contributed by atoms with Crippen molar-refractivity contribution < 1.29 is 0 Å². The molecule has 2 aromatic heterocycles. The average Bonchev–Trinajstić information content (AvgIpc) is 3.54. The van der Waals surface area contributed by atoms with Crippen LogP contribution in [0.2, 0.25) is 0 Å². The van der Waals surface area contributed by atoms with Crippen LogP contribution in [0.4, 0.5) is 0 Å². The number of pyridine rings is 1. The van der Waals surface area contributed by atoms with Crippen LogP contribution in [0.25, 0.3) is 66.8 Å². The van der Waals surface area contributed by atoms with Gasteiger partial charge in [0, 0.05) is 34.3 Å². The molecule has 0 N–H and O–H groups in total. The highest BCUT2D eigenvalue weighted by atomic mass is 14.9. The molecule has 0 spiro atoms. The largest absolute Gasteiger partial charge is 0.261 e. The highest BCUT2D eigenvalue weighted by molar-refractivity contribution is 5.96. The maximum absolute atomic E-state index is 5.27. The Morgan fingerprint density at radius 3 is 1.89 bits per heavy atom. The summed E-state index contributed by atoms with van der Waals surface area (Å²) in [5.41, 5.74) is 16.3. The second-order valence-electron chi connectivity index (χ2n) is 14.5. The fourth-order valence-corrected chi connectivity index (χ4v) is 8.71. The van der Waals surface area contributed by atoms with E-state index in [2.05, 4.69) is 194 Å². The summed E-state index contributed by atoms with van der Waals surface area (Å²) in [6, 6.07) is 65.8. The number of hydrogen-bond acceptors (Lipinski definition) is 3. The van der Waals surface area contributed by atoms with Crippen molar-refractivity contribution in [1.82, 2.24) is 15.0 Å². The van der Waals surface area contributed by atoms with E-state index >= 15 is 0 Å². The molecular formula is C52H37N3. The van der Waals surface area contributed by atoms with Gasteiger partial charge in [0.25, 0.3) is 0 Å². The second-order valence-corrected chi connectivity index (χ2v) is 14.5. The smallest absolute Gasteiger partial charge is 0.160 e. The van der Waals surface area contributed by atoms with Crippen molar-refractivity contribution in [2.45, 2.75) is 19.3 Å². The summed E-state index contributed by atoms with van der Waals surface area (Å²) in [6.45, 7) is 4.09. The first-order valence-corrected chi connectivity index (χ1v) is 18.8. The lowest BCUT2D eigenvalue weighted by Crippen LogP contribution is -2.28. The molecule has 3 heteroatoms. The van der Waals surface area contributed by atoms with Gasteiger partial charge in [-0.1, -0.05) is 158 Å². The standard InChI is InChI=1S/C52H37N3/c1-34-26-27-39(33-53-34)44-22-9-8-21-43(44)37-16-12-19-41(31-37)52(40-17-4-3-5-18-40)48-25-11-10-23-45(48)46-29-28-38(32-49(46)52)51-54-35(2)30-50(55-51)47-24-13-15-36-14-6-7-20-42(36)47/h3-33H,1-2H3. The first-order chi connectivity index (χ1) is 27.1. The number of rotatable bonds is 6. The Morgan fingerprint density at radius 1 is 0.400 bits per heavy atom. The van der Waals surface area contributed by atoms with Gasteiger partial charge in [-0.2, -0.15) is 0 Å². The monoisotopic (exact) mass is 703 g/mol. The third kappa shape index (κ3) is 5.39. The van der Waals surface area contributed by atoms with E-state index < -0.39 is 5.41 Å². The first-order valence-electron chi connectivity index (χ1n) is 18.8. The summed E-state index contributed by atoms with van der Waals surface area (Å²) in [5.74, 6) is 0.720. The Labute approximate surface area is 321 Å². The summed E-state index contributed by atoms with van der Waals surface area (Å²) < 4.78 is 0. The number of fused-ring (bicyclic) bond motifs is 4. The zero-order valence-corrected chi connectivity index (χ0v) is 30.7. The number of aryl methyl sites for hydroxylation is 2. The van der Waals surface area contributed by atoms with Gasteiger partial charge in [-0.15, -0.1) is 0 Å². The van der Waals surface area contributed by atoms with E-state index in [1.807, 2.05) is 13.1 Å². The van der Waals surface area contributed by atoms with Crippen molar-refractivity contribution in [3.05, 3.63) is 222 Å². The van der Waals surface area contributed by atoms with E-state index in [-0.39, 0.29) is 0 Å². The van der Waals surface area contributed by atoms with Gasteiger partial charge in [0.15, 0.2) is 5.82 Å². The van der Waals surface area contributed by atoms with Gasteiger partial charge in [-0.3, -0.25) is 4.98 Å². The topological polar surface area (TPSA) is 38.7 Å². The van der Waals surface area contributed by atoms with Crippen molar-refractivity contribution in [2.75, 3.05) is 0 Å². The number of hydrogen-bond donors (Lipinski definition) is 0. The van der Waals surface area contributed by atoms with Crippen LogP contribution in [0.3, 0.4) is 0 Å². The Hall–Kier alpha value is -6.97. The van der Waals surface area contributed by atoms with Crippen LogP contribution in [0.1, 0.15) is 33.6 Å². The van der Waals surface area contributed by atoms with Crippen LogP contribution >= 0.6 is 0 Å². The van der Waals surface area contributed by atoms with Crippen molar-refractivity contribution in [3.63, 3.8) is 0 Å². The summed E-state index contributed by atoms with van der Waals surface area (Å²) >= 11 is 0. The Balaban J connectivity index is 1.20. The van der Waals surface area contributed by atoms with E-state index in [9.17, 15) is 0 Å². The molecule has 260 valence electrons. The lowest BCUT2D eigenvalue weighted by molar-refractivity contribution is 0.769. The molecule has 10 rings (SSSR count). The molecule has 1 aliphatic carbocycles. The molecule has 1 unspecified atom stereocenters. The molecule has 0 saturated carbocycles. The summed E-state index contributed by atoms with van der Waals surface area (Å²) in [4.78, 5) is 15.0. The van der Waals surface area contributed by atoms with Gasteiger partial charge in [-0.25, -0.2) is 9.97 Å². The van der Waals surface area contributed by atoms with E-state index in [4.69, 9.17) is 9.97 Å². The fourth-order valence-electron chi connectivity index (χ4n) is 8.71. The molecule has 55 heavy (non-hydrogen) atoms. The predicted octanol–water partition coefficient (Wildman–Crippen LogP) is 12.7. The van der Waals surface area contributed by atoms with Crippen LogP contribution in [-0.4, -0.2) is 15.0 Å². The number of benzene rings is 7. The molecular weight excluding hydrogens is 667 g/mol. The molecule has 2 heterocycles. The molecule has 7 aromatic carbocycles. The van der Waals surface area contributed by atoms with Crippen molar-refractivity contribution in [1.29, 1.82) is 0 Å². The zero-order chi connectivity index (χ0) is 36.9.